The number of carbonyl (C=O) groups is 1. The number of anilines is 2. The lowest BCUT2D eigenvalue weighted by atomic mass is 10.1. The van der Waals surface area contributed by atoms with Gasteiger partial charge >= 0.3 is 0 Å². The zero-order valence-electron chi connectivity index (χ0n) is 11.0. The van der Waals surface area contributed by atoms with Crippen molar-refractivity contribution < 1.29 is 4.79 Å². The number of benzene rings is 2. The lowest BCUT2D eigenvalue weighted by Gasteiger charge is -2.11. The third-order valence-electron chi connectivity index (χ3n) is 3.17. The maximum absolute atomic E-state index is 12.4. The summed E-state index contributed by atoms with van der Waals surface area (Å²) in [6, 6.07) is 14.2. The highest BCUT2D eigenvalue weighted by molar-refractivity contribution is 6.35. The van der Waals surface area contributed by atoms with Crippen LogP contribution in [0.1, 0.15) is 10.4 Å². The zero-order chi connectivity index (χ0) is 14.8. The van der Waals surface area contributed by atoms with Gasteiger partial charge in [-0.2, -0.15) is 0 Å². The topological polar surface area (TPSA) is 68.0 Å². The van der Waals surface area contributed by atoms with Crippen LogP contribution in [0, 0.1) is 0 Å². The number of fused-ring (bicyclic) bond motifs is 1. The van der Waals surface area contributed by atoms with E-state index in [1.54, 1.807) is 24.4 Å². The van der Waals surface area contributed by atoms with Crippen LogP contribution in [-0.2, 0) is 0 Å². The highest BCUT2D eigenvalue weighted by Crippen LogP contribution is 2.26. The molecule has 0 aliphatic carbocycles. The van der Waals surface area contributed by atoms with Gasteiger partial charge in [-0.25, -0.2) is 0 Å². The van der Waals surface area contributed by atoms with Gasteiger partial charge in [0.1, 0.15) is 0 Å². The normalized spacial score (nSPS) is 10.5. The summed E-state index contributed by atoms with van der Waals surface area (Å²) in [7, 11) is 0. The number of carbonyl (C=O) groups excluding carboxylic acids is 1. The molecule has 0 saturated heterocycles. The predicted molar refractivity (Wildman–Crippen MR) is 85.6 cm³/mol. The number of amides is 1. The molecule has 1 aromatic heterocycles. The number of hydrogen-bond donors (Lipinski definition) is 2. The van der Waals surface area contributed by atoms with Crippen molar-refractivity contribution in [2.75, 3.05) is 11.1 Å². The predicted octanol–water partition coefficient (Wildman–Crippen LogP) is 3.72. The molecule has 3 rings (SSSR count). The van der Waals surface area contributed by atoms with Gasteiger partial charge in [0.2, 0.25) is 0 Å². The summed E-state index contributed by atoms with van der Waals surface area (Å²) in [5, 5.41) is 4.02. The van der Waals surface area contributed by atoms with E-state index in [2.05, 4.69) is 10.3 Å². The number of pyridine rings is 1. The fourth-order valence-corrected chi connectivity index (χ4v) is 2.45. The molecule has 0 bridgehead atoms. The average molecular weight is 298 g/mol. The minimum Gasteiger partial charge on any atom is -0.398 e. The Labute approximate surface area is 126 Å². The highest BCUT2D eigenvalue weighted by atomic mass is 35.5. The first-order valence-corrected chi connectivity index (χ1v) is 6.73. The Hall–Kier alpha value is -2.59. The number of nitrogens with one attached hydrogen (secondary N) is 1. The van der Waals surface area contributed by atoms with Gasteiger partial charge in [-0.3, -0.25) is 9.78 Å². The van der Waals surface area contributed by atoms with Crippen LogP contribution in [-0.4, -0.2) is 10.9 Å². The number of halogens is 1. The maximum atomic E-state index is 12.4. The largest absolute Gasteiger partial charge is 0.398 e. The van der Waals surface area contributed by atoms with Gasteiger partial charge < -0.3 is 11.1 Å². The molecular formula is C16H12ClN3O. The molecular weight excluding hydrogens is 286 g/mol. The van der Waals surface area contributed by atoms with Crippen LogP contribution in [0.15, 0.2) is 54.7 Å². The number of nitrogen functional groups attached to an aromatic ring is 1. The summed E-state index contributed by atoms with van der Waals surface area (Å²) in [5.41, 5.74) is 7.93. The number of nitrogens with zero attached hydrogens (tertiary/aromatic N) is 1. The second-order valence-corrected chi connectivity index (χ2v) is 4.94. The average Bonchev–Trinajstić information content (AvgIpc) is 2.47. The van der Waals surface area contributed by atoms with E-state index in [0.29, 0.717) is 16.4 Å². The van der Waals surface area contributed by atoms with Gasteiger partial charge in [0.25, 0.3) is 5.91 Å². The Bertz CT molecular complexity index is 807. The van der Waals surface area contributed by atoms with E-state index in [9.17, 15) is 4.79 Å². The quantitative estimate of drug-likeness (QED) is 0.708. The molecule has 0 atom stereocenters. The standard InChI is InChI=1S/C16H12ClN3O/c17-11-5-1-6-12(18)15(11)16(21)20-14-8-2-7-13-10(14)4-3-9-19-13/h1-9H,18H2,(H,20,21). The van der Waals surface area contributed by atoms with E-state index in [-0.39, 0.29) is 11.5 Å². The van der Waals surface area contributed by atoms with Crippen molar-refractivity contribution in [2.24, 2.45) is 0 Å². The van der Waals surface area contributed by atoms with Crippen molar-refractivity contribution in [3.63, 3.8) is 0 Å². The first kappa shape index (κ1) is 13.4. The molecule has 5 heteroatoms. The lowest BCUT2D eigenvalue weighted by molar-refractivity contribution is 0.102. The Morgan fingerprint density at radius 3 is 2.71 bits per heavy atom. The van der Waals surface area contributed by atoms with Crippen LogP contribution >= 0.6 is 11.6 Å². The van der Waals surface area contributed by atoms with Crippen LogP contribution in [0.2, 0.25) is 5.02 Å². The summed E-state index contributed by atoms with van der Waals surface area (Å²) in [5.74, 6) is -0.338. The minimum atomic E-state index is -0.338. The van der Waals surface area contributed by atoms with E-state index < -0.39 is 0 Å². The van der Waals surface area contributed by atoms with Crippen LogP contribution in [0.5, 0.6) is 0 Å². The number of hydrogen-bond acceptors (Lipinski definition) is 3. The van der Waals surface area contributed by atoms with Crippen molar-refractivity contribution in [3.8, 4) is 0 Å². The highest BCUT2D eigenvalue weighted by Gasteiger charge is 2.15. The molecule has 0 fully saturated rings. The second kappa shape index (κ2) is 5.42. The van der Waals surface area contributed by atoms with Crippen LogP contribution in [0.3, 0.4) is 0 Å². The number of aromatic nitrogens is 1. The first-order valence-electron chi connectivity index (χ1n) is 6.36. The fourth-order valence-electron chi connectivity index (χ4n) is 2.18. The third-order valence-corrected chi connectivity index (χ3v) is 3.48. The van der Waals surface area contributed by atoms with Crippen molar-refractivity contribution in [3.05, 3.63) is 65.3 Å². The summed E-state index contributed by atoms with van der Waals surface area (Å²) in [6.45, 7) is 0. The van der Waals surface area contributed by atoms with Crippen molar-refractivity contribution in [1.82, 2.24) is 4.98 Å². The van der Waals surface area contributed by atoms with E-state index in [0.717, 1.165) is 10.9 Å². The molecule has 0 aliphatic rings. The van der Waals surface area contributed by atoms with Gasteiger partial charge in [0.05, 0.1) is 21.8 Å². The first-order chi connectivity index (χ1) is 10.2. The molecule has 2 aromatic carbocycles. The minimum absolute atomic E-state index is 0.278. The molecule has 104 valence electrons. The van der Waals surface area contributed by atoms with Crippen LogP contribution in [0.25, 0.3) is 10.9 Å². The van der Waals surface area contributed by atoms with Crippen molar-refractivity contribution in [1.29, 1.82) is 0 Å². The number of rotatable bonds is 2. The summed E-state index contributed by atoms with van der Waals surface area (Å²) in [6.07, 6.45) is 1.71. The smallest absolute Gasteiger partial charge is 0.259 e. The Morgan fingerprint density at radius 2 is 1.90 bits per heavy atom. The van der Waals surface area contributed by atoms with Gasteiger partial charge in [0.15, 0.2) is 0 Å². The van der Waals surface area contributed by atoms with E-state index in [4.69, 9.17) is 17.3 Å². The van der Waals surface area contributed by atoms with Crippen molar-refractivity contribution >= 4 is 39.8 Å². The van der Waals surface area contributed by atoms with E-state index in [1.165, 1.54) is 0 Å². The Balaban J connectivity index is 2.01. The molecule has 0 saturated carbocycles. The van der Waals surface area contributed by atoms with Gasteiger partial charge in [-0.1, -0.05) is 23.7 Å². The molecule has 3 aromatic rings. The molecule has 3 N–H and O–H groups in total. The Morgan fingerprint density at radius 1 is 1.10 bits per heavy atom. The summed E-state index contributed by atoms with van der Waals surface area (Å²) < 4.78 is 0. The second-order valence-electron chi connectivity index (χ2n) is 4.53. The van der Waals surface area contributed by atoms with Crippen molar-refractivity contribution in [2.45, 2.75) is 0 Å². The van der Waals surface area contributed by atoms with Crippen LogP contribution in [0.4, 0.5) is 11.4 Å². The zero-order valence-corrected chi connectivity index (χ0v) is 11.8. The lowest BCUT2D eigenvalue weighted by Crippen LogP contribution is -2.15. The molecule has 4 nitrogen and oxygen atoms in total. The molecule has 0 aliphatic heterocycles. The SMILES string of the molecule is Nc1cccc(Cl)c1C(=O)Nc1cccc2ncccc12. The Kier molecular flexibility index (Phi) is 3.46. The third kappa shape index (κ3) is 2.53. The summed E-state index contributed by atoms with van der Waals surface area (Å²) in [4.78, 5) is 16.7. The van der Waals surface area contributed by atoms with Gasteiger partial charge in [-0.05, 0) is 36.4 Å². The molecule has 21 heavy (non-hydrogen) atoms. The molecule has 0 unspecified atom stereocenters. The summed E-state index contributed by atoms with van der Waals surface area (Å²) >= 11 is 6.06. The molecule has 1 amide bonds. The molecule has 1 heterocycles. The molecule has 0 radical (unpaired) electrons. The van der Waals surface area contributed by atoms with Gasteiger partial charge in [-0.15, -0.1) is 0 Å². The van der Waals surface area contributed by atoms with Crippen LogP contribution < -0.4 is 11.1 Å². The fraction of sp³-hybridized carbons (Fsp3) is 0. The van der Waals surface area contributed by atoms with Gasteiger partial charge in [0, 0.05) is 17.3 Å². The monoisotopic (exact) mass is 297 g/mol. The van der Waals surface area contributed by atoms with E-state index in [1.807, 2.05) is 30.3 Å². The maximum Gasteiger partial charge on any atom is 0.259 e. The number of nitrogens with two attached hydrogens (primary N) is 1. The molecule has 0 spiro atoms. The van der Waals surface area contributed by atoms with E-state index >= 15 is 0 Å².